The van der Waals surface area contributed by atoms with Gasteiger partial charge in [0.1, 0.15) is 34.5 Å². The van der Waals surface area contributed by atoms with Crippen LogP contribution in [0.4, 0.5) is 38.5 Å². The topological polar surface area (TPSA) is 131 Å². The third-order valence-corrected chi connectivity index (χ3v) is 12.1. The van der Waals surface area contributed by atoms with Crippen molar-refractivity contribution in [1.82, 2.24) is 4.72 Å². The standard InChI is InChI=1S/C25H24F2N2O4S.C24H22F2N2O2.CH2Cl2/c1-34(31,32)28-14-12-25(19-7-3-2-4-8-19)13-15-29(24(30)33-25)21-9-5-6-18(16-21)22-11-10-20(26)17-23(22)27;25-19-9-10-21(22(26)16-19)17-5-4-8-20(15-17)28-14-12-24(11-13-27,30-23(28)29)18-6-2-1-3-7-18;2-1-3/h2-11,16-17,28H,12-15H2,1H3;1-10,15-16H,11-14,27H2;1H2. The molecule has 17 heteroatoms. The fourth-order valence-electron chi connectivity index (χ4n) is 8.12. The maximum atomic E-state index is 14.3. The second-order valence-electron chi connectivity index (χ2n) is 15.7. The van der Waals surface area contributed by atoms with E-state index in [0.717, 1.165) is 29.5 Å². The molecule has 2 aliphatic rings. The molecule has 2 atom stereocenters. The molecule has 352 valence electrons. The van der Waals surface area contributed by atoms with Gasteiger partial charge in [-0.05, 0) is 77.3 Å². The van der Waals surface area contributed by atoms with E-state index >= 15 is 0 Å². The van der Waals surface area contributed by atoms with E-state index in [1.807, 2.05) is 60.7 Å². The summed E-state index contributed by atoms with van der Waals surface area (Å²) in [7, 11) is -3.39. The molecular formula is C50H48Cl2F4N4O6S. The van der Waals surface area contributed by atoms with Crippen molar-refractivity contribution in [2.45, 2.75) is 36.9 Å². The molecule has 0 spiro atoms. The fraction of sp³-hybridized carbons (Fsp3) is 0.240. The van der Waals surface area contributed by atoms with Crippen LogP contribution in [0.25, 0.3) is 22.3 Å². The number of amides is 2. The second-order valence-corrected chi connectivity index (χ2v) is 18.3. The highest BCUT2D eigenvalue weighted by atomic mass is 35.5. The van der Waals surface area contributed by atoms with Crippen molar-refractivity contribution in [3.63, 3.8) is 0 Å². The minimum atomic E-state index is -3.39. The van der Waals surface area contributed by atoms with E-state index in [0.29, 0.717) is 61.4 Å². The summed E-state index contributed by atoms with van der Waals surface area (Å²) in [4.78, 5) is 29.1. The Bertz CT molecular complexity index is 2760. The van der Waals surface area contributed by atoms with Crippen molar-refractivity contribution in [2.24, 2.45) is 5.73 Å². The first-order valence-electron chi connectivity index (χ1n) is 21.1. The van der Waals surface area contributed by atoms with Gasteiger partial charge in [-0.25, -0.2) is 40.3 Å². The van der Waals surface area contributed by atoms with Gasteiger partial charge in [-0.2, -0.15) is 0 Å². The lowest BCUT2D eigenvalue weighted by Crippen LogP contribution is -2.49. The second kappa shape index (κ2) is 22.7. The van der Waals surface area contributed by atoms with Gasteiger partial charge in [0.15, 0.2) is 0 Å². The molecule has 2 amide bonds. The number of cyclic esters (lactones) is 2. The number of sulfonamides is 1. The van der Waals surface area contributed by atoms with Crippen LogP contribution < -0.4 is 20.3 Å². The number of ether oxygens (including phenoxy) is 2. The summed E-state index contributed by atoms with van der Waals surface area (Å²) in [6.45, 7) is 1.24. The molecular weight excluding hydrogens is 932 g/mol. The number of rotatable bonds is 12. The van der Waals surface area contributed by atoms with E-state index in [9.17, 15) is 35.6 Å². The maximum Gasteiger partial charge on any atom is 0.415 e. The van der Waals surface area contributed by atoms with Gasteiger partial charge in [0.25, 0.3) is 0 Å². The summed E-state index contributed by atoms with van der Waals surface area (Å²) in [6.07, 6.45) is 1.80. The number of nitrogens with one attached hydrogen (secondary N) is 1. The Morgan fingerprint density at radius 3 is 1.40 bits per heavy atom. The van der Waals surface area contributed by atoms with Gasteiger partial charge < -0.3 is 15.2 Å². The van der Waals surface area contributed by atoms with E-state index in [4.69, 9.17) is 38.4 Å². The molecule has 6 aromatic rings. The Morgan fingerprint density at radius 1 is 0.612 bits per heavy atom. The highest BCUT2D eigenvalue weighted by molar-refractivity contribution is 7.88. The quantitative estimate of drug-likeness (QED) is 0.0922. The lowest BCUT2D eigenvalue weighted by atomic mass is 9.85. The number of nitrogens with two attached hydrogens (primary N) is 1. The van der Waals surface area contributed by atoms with Crippen LogP contribution in [0.3, 0.4) is 0 Å². The molecule has 0 bridgehead atoms. The molecule has 2 aliphatic heterocycles. The predicted molar refractivity (Wildman–Crippen MR) is 254 cm³/mol. The summed E-state index contributed by atoms with van der Waals surface area (Å²) in [5.41, 5.74) is 8.42. The number of alkyl halides is 2. The number of nitrogens with zero attached hydrogens (tertiary/aromatic N) is 2. The molecule has 6 aromatic carbocycles. The van der Waals surface area contributed by atoms with Gasteiger partial charge >= 0.3 is 12.2 Å². The minimum absolute atomic E-state index is 0.111. The van der Waals surface area contributed by atoms with E-state index in [2.05, 4.69) is 4.72 Å². The van der Waals surface area contributed by atoms with Crippen LogP contribution in [0.5, 0.6) is 0 Å². The van der Waals surface area contributed by atoms with Gasteiger partial charge in [0.05, 0.1) is 11.6 Å². The van der Waals surface area contributed by atoms with Crippen LogP contribution in [0.15, 0.2) is 146 Å². The molecule has 67 heavy (non-hydrogen) atoms. The first-order valence-corrected chi connectivity index (χ1v) is 24.1. The Labute approximate surface area is 397 Å². The first-order chi connectivity index (χ1) is 32.1. The summed E-state index contributed by atoms with van der Waals surface area (Å²) in [5, 5.41) is 0.194. The number of hydrogen-bond acceptors (Lipinski definition) is 7. The number of carbonyl (C=O) groups excluding carboxylic acids is 2. The van der Waals surface area contributed by atoms with Crippen LogP contribution >= 0.6 is 23.2 Å². The number of halogens is 6. The Kier molecular flexibility index (Phi) is 17.1. The van der Waals surface area contributed by atoms with Crippen LogP contribution in [0, 0.1) is 23.3 Å². The van der Waals surface area contributed by atoms with Crippen LogP contribution in [-0.2, 0) is 30.7 Å². The first kappa shape index (κ1) is 50.4. The Morgan fingerprint density at radius 2 is 1.03 bits per heavy atom. The number of hydrogen-bond donors (Lipinski definition) is 2. The van der Waals surface area contributed by atoms with Crippen molar-refractivity contribution in [1.29, 1.82) is 0 Å². The zero-order valence-corrected chi connectivity index (χ0v) is 38.6. The van der Waals surface area contributed by atoms with Gasteiger partial charge in [-0.15, -0.1) is 23.2 Å². The molecule has 3 N–H and O–H groups in total. The van der Waals surface area contributed by atoms with E-state index in [1.165, 1.54) is 34.1 Å². The summed E-state index contributed by atoms with van der Waals surface area (Å²) in [5.74, 6) is -2.65. The number of anilines is 2. The van der Waals surface area contributed by atoms with Crippen molar-refractivity contribution in [3.8, 4) is 22.3 Å². The SMILES string of the molecule is CS(=O)(=O)NCCC1(c2ccccc2)CCN(c2cccc(-c3ccc(F)cc3F)c2)C(=O)O1.ClCCl.NCCC1(c2ccccc2)CCN(c2cccc(-c3ccc(F)cc3F)c2)C(=O)O1. The number of carbonyl (C=O) groups is 2. The monoisotopic (exact) mass is 978 g/mol. The maximum absolute atomic E-state index is 14.3. The van der Waals surface area contributed by atoms with Crippen molar-refractivity contribution in [2.75, 3.05) is 47.6 Å². The molecule has 2 saturated heterocycles. The van der Waals surface area contributed by atoms with E-state index < -0.39 is 56.7 Å². The van der Waals surface area contributed by atoms with Crippen molar-refractivity contribution in [3.05, 3.63) is 180 Å². The minimum Gasteiger partial charge on any atom is -0.438 e. The van der Waals surface area contributed by atoms with Gasteiger partial charge in [0, 0.05) is 80.0 Å². The lowest BCUT2D eigenvalue weighted by molar-refractivity contribution is -0.0148. The number of benzene rings is 6. The van der Waals surface area contributed by atoms with E-state index in [-0.39, 0.29) is 29.4 Å². The molecule has 2 unspecified atom stereocenters. The molecule has 0 aromatic heterocycles. The Balaban J connectivity index is 0.000000210. The molecule has 8 rings (SSSR count). The van der Waals surface area contributed by atoms with Crippen LogP contribution in [-0.4, -0.2) is 58.4 Å². The zero-order chi connectivity index (χ0) is 48.2. The van der Waals surface area contributed by atoms with Crippen molar-refractivity contribution < 1.29 is 45.0 Å². The highest BCUT2D eigenvalue weighted by Gasteiger charge is 2.43. The third-order valence-electron chi connectivity index (χ3n) is 11.3. The van der Waals surface area contributed by atoms with Gasteiger partial charge in [-0.1, -0.05) is 84.9 Å². The molecule has 10 nitrogen and oxygen atoms in total. The smallest absolute Gasteiger partial charge is 0.415 e. The van der Waals surface area contributed by atoms with Gasteiger partial charge in [-0.3, -0.25) is 9.80 Å². The zero-order valence-electron chi connectivity index (χ0n) is 36.3. The molecule has 0 aliphatic carbocycles. The predicted octanol–water partition coefficient (Wildman–Crippen LogP) is 11.5. The highest BCUT2D eigenvalue weighted by Crippen LogP contribution is 2.41. The van der Waals surface area contributed by atoms with Gasteiger partial charge in [0.2, 0.25) is 10.0 Å². The molecule has 0 radical (unpaired) electrons. The molecule has 0 saturated carbocycles. The van der Waals surface area contributed by atoms with Crippen LogP contribution in [0.2, 0.25) is 0 Å². The van der Waals surface area contributed by atoms with E-state index in [1.54, 1.807) is 48.5 Å². The largest absolute Gasteiger partial charge is 0.438 e. The summed E-state index contributed by atoms with van der Waals surface area (Å²) >= 11 is 9.53. The van der Waals surface area contributed by atoms with Crippen LogP contribution in [0.1, 0.15) is 36.8 Å². The fourth-order valence-corrected chi connectivity index (χ4v) is 8.59. The summed E-state index contributed by atoms with van der Waals surface area (Å²) < 4.78 is 92.5. The normalized spacial score (nSPS) is 18.1. The summed E-state index contributed by atoms with van der Waals surface area (Å²) in [6, 6.07) is 39.3. The molecule has 2 fully saturated rings. The molecule has 2 heterocycles. The average Bonchev–Trinajstić information content (AvgIpc) is 3.30. The Hall–Kier alpha value is -5.97. The third kappa shape index (κ3) is 12.7. The lowest BCUT2D eigenvalue weighted by Gasteiger charge is -2.41. The van der Waals surface area contributed by atoms with Crippen molar-refractivity contribution >= 4 is 56.8 Å². The average molecular weight is 980 g/mol.